The van der Waals surface area contributed by atoms with Gasteiger partial charge in [-0.25, -0.2) is 4.39 Å². The summed E-state index contributed by atoms with van der Waals surface area (Å²) in [6, 6.07) is 4.80. The molecule has 0 radical (unpaired) electrons. The zero-order valence-electron chi connectivity index (χ0n) is 10.1. The molecule has 0 spiro atoms. The Kier molecular flexibility index (Phi) is 4.89. The van der Waals surface area contributed by atoms with Gasteiger partial charge in [-0.1, -0.05) is 6.07 Å². The minimum Gasteiger partial charge on any atom is -0.378 e. The molecule has 0 saturated carbocycles. The van der Waals surface area contributed by atoms with Gasteiger partial charge < -0.3 is 4.74 Å². The number of Topliss-reactive ketones (excluding diaryl/α,β-unsaturated/α-hetero) is 1. The summed E-state index contributed by atoms with van der Waals surface area (Å²) in [6.45, 7) is 0.782. The first-order valence-corrected chi connectivity index (χ1v) is 7.06. The molecule has 4 heteroatoms. The Morgan fingerprint density at radius 1 is 1.44 bits per heavy atom. The molecule has 1 aliphatic rings. The monoisotopic (exact) mass is 314 g/mol. The van der Waals surface area contributed by atoms with Crippen LogP contribution in [0.25, 0.3) is 0 Å². The number of carbonyl (C=O) groups excluding carboxylic acids is 1. The van der Waals surface area contributed by atoms with E-state index in [-0.39, 0.29) is 17.5 Å². The average Bonchev–Trinajstić information content (AvgIpc) is 2.40. The topological polar surface area (TPSA) is 26.3 Å². The van der Waals surface area contributed by atoms with E-state index < -0.39 is 5.82 Å². The molecule has 0 aromatic heterocycles. The van der Waals surface area contributed by atoms with E-state index in [4.69, 9.17) is 4.74 Å². The van der Waals surface area contributed by atoms with Gasteiger partial charge >= 0.3 is 0 Å². The lowest BCUT2D eigenvalue weighted by Gasteiger charge is -2.22. The van der Waals surface area contributed by atoms with Crippen LogP contribution in [0.2, 0.25) is 0 Å². The van der Waals surface area contributed by atoms with E-state index in [1.165, 1.54) is 6.07 Å². The Balaban J connectivity index is 1.93. The van der Waals surface area contributed by atoms with Gasteiger partial charge in [-0.05, 0) is 53.7 Å². The summed E-state index contributed by atoms with van der Waals surface area (Å²) in [5.41, 5.74) is 0.167. The number of ketones is 1. The van der Waals surface area contributed by atoms with Crippen LogP contribution in [-0.4, -0.2) is 18.5 Å². The van der Waals surface area contributed by atoms with Crippen LogP contribution >= 0.6 is 15.9 Å². The third kappa shape index (κ3) is 3.39. The van der Waals surface area contributed by atoms with Crippen molar-refractivity contribution >= 4 is 21.7 Å². The van der Waals surface area contributed by atoms with Crippen molar-refractivity contribution in [2.45, 2.75) is 38.2 Å². The van der Waals surface area contributed by atoms with Crippen molar-refractivity contribution in [3.63, 3.8) is 0 Å². The number of rotatable bonds is 4. The molecule has 1 atom stereocenters. The van der Waals surface area contributed by atoms with Crippen LogP contribution in [0.4, 0.5) is 4.39 Å². The van der Waals surface area contributed by atoms with Crippen molar-refractivity contribution < 1.29 is 13.9 Å². The van der Waals surface area contributed by atoms with E-state index in [2.05, 4.69) is 15.9 Å². The fourth-order valence-corrected chi connectivity index (χ4v) is 2.55. The first-order valence-electron chi connectivity index (χ1n) is 6.27. The summed E-state index contributed by atoms with van der Waals surface area (Å²) in [4.78, 5) is 11.9. The quantitative estimate of drug-likeness (QED) is 0.781. The lowest BCUT2D eigenvalue weighted by Crippen LogP contribution is -2.20. The van der Waals surface area contributed by atoms with Crippen molar-refractivity contribution in [2.24, 2.45) is 0 Å². The van der Waals surface area contributed by atoms with E-state index >= 15 is 0 Å². The highest BCUT2D eigenvalue weighted by Crippen LogP contribution is 2.22. The second kappa shape index (κ2) is 6.43. The number of halogens is 2. The number of hydrogen-bond acceptors (Lipinski definition) is 2. The van der Waals surface area contributed by atoms with Gasteiger partial charge in [0.05, 0.1) is 16.1 Å². The van der Waals surface area contributed by atoms with Gasteiger partial charge in [0.2, 0.25) is 0 Å². The Labute approximate surface area is 115 Å². The molecule has 1 unspecified atom stereocenters. The molecular formula is C14H16BrFO2. The lowest BCUT2D eigenvalue weighted by molar-refractivity contribution is 0.0104. The summed E-state index contributed by atoms with van der Waals surface area (Å²) < 4.78 is 19.6. The Morgan fingerprint density at radius 2 is 2.28 bits per heavy atom. The van der Waals surface area contributed by atoms with Crippen molar-refractivity contribution in [2.75, 3.05) is 6.61 Å². The first kappa shape index (κ1) is 13.7. The minimum absolute atomic E-state index is 0.150. The predicted molar refractivity (Wildman–Crippen MR) is 71.3 cm³/mol. The van der Waals surface area contributed by atoms with Gasteiger partial charge in [-0.2, -0.15) is 0 Å². The van der Waals surface area contributed by atoms with Gasteiger partial charge in [0.1, 0.15) is 5.82 Å². The summed E-state index contributed by atoms with van der Waals surface area (Å²) >= 11 is 3.09. The molecule has 98 valence electrons. The number of carbonyl (C=O) groups is 1. The van der Waals surface area contributed by atoms with Crippen LogP contribution in [0.1, 0.15) is 42.5 Å². The fraction of sp³-hybridized carbons (Fsp3) is 0.500. The third-order valence-corrected chi connectivity index (χ3v) is 3.83. The van der Waals surface area contributed by atoms with Crippen molar-refractivity contribution in [3.8, 4) is 0 Å². The second-order valence-electron chi connectivity index (χ2n) is 4.55. The smallest absolute Gasteiger partial charge is 0.165 e. The zero-order chi connectivity index (χ0) is 13.0. The number of ether oxygens (including phenoxy) is 1. The van der Waals surface area contributed by atoms with Gasteiger partial charge in [-0.3, -0.25) is 4.79 Å². The molecule has 0 amide bonds. The Bertz CT molecular complexity index is 428. The molecule has 1 aliphatic heterocycles. The van der Waals surface area contributed by atoms with Gasteiger partial charge in [0.15, 0.2) is 5.78 Å². The average molecular weight is 315 g/mol. The van der Waals surface area contributed by atoms with E-state index in [0.29, 0.717) is 17.3 Å². The summed E-state index contributed by atoms with van der Waals surface area (Å²) in [5, 5.41) is 0. The molecular weight excluding hydrogens is 299 g/mol. The minimum atomic E-state index is -0.466. The van der Waals surface area contributed by atoms with Crippen LogP contribution in [0.3, 0.4) is 0 Å². The standard InChI is InChI=1S/C14H16BrFO2/c15-12-6-3-5-11(14(12)16)13(17)8-7-10-4-1-2-9-18-10/h3,5-6,10H,1-2,4,7-9H2. The SMILES string of the molecule is O=C(CCC1CCCCO1)c1cccc(Br)c1F. The summed E-state index contributed by atoms with van der Waals surface area (Å²) in [7, 11) is 0. The second-order valence-corrected chi connectivity index (χ2v) is 5.41. The molecule has 1 saturated heterocycles. The largest absolute Gasteiger partial charge is 0.378 e. The van der Waals surface area contributed by atoms with Crippen LogP contribution in [0.5, 0.6) is 0 Å². The van der Waals surface area contributed by atoms with Gasteiger partial charge in [-0.15, -0.1) is 0 Å². The molecule has 2 rings (SSSR count). The highest BCUT2D eigenvalue weighted by molar-refractivity contribution is 9.10. The maximum atomic E-state index is 13.7. The van der Waals surface area contributed by atoms with Crippen LogP contribution in [0.15, 0.2) is 22.7 Å². The predicted octanol–water partition coefficient (Wildman–Crippen LogP) is 4.12. The molecule has 1 fully saturated rings. The summed E-state index contributed by atoms with van der Waals surface area (Å²) in [5.74, 6) is -0.616. The Morgan fingerprint density at radius 3 is 3.00 bits per heavy atom. The van der Waals surface area contributed by atoms with Crippen molar-refractivity contribution in [1.82, 2.24) is 0 Å². The van der Waals surface area contributed by atoms with Crippen molar-refractivity contribution in [1.29, 1.82) is 0 Å². The van der Waals surface area contributed by atoms with Gasteiger partial charge in [0, 0.05) is 13.0 Å². The molecule has 18 heavy (non-hydrogen) atoms. The van der Waals surface area contributed by atoms with Gasteiger partial charge in [0.25, 0.3) is 0 Å². The number of hydrogen-bond donors (Lipinski definition) is 0. The molecule has 0 aliphatic carbocycles. The molecule has 1 aromatic rings. The fourth-order valence-electron chi connectivity index (χ4n) is 2.18. The highest BCUT2D eigenvalue weighted by atomic mass is 79.9. The highest BCUT2D eigenvalue weighted by Gasteiger charge is 2.18. The van der Waals surface area contributed by atoms with E-state index in [1.807, 2.05) is 0 Å². The first-order chi connectivity index (χ1) is 8.68. The normalized spacial score (nSPS) is 19.8. The third-order valence-electron chi connectivity index (χ3n) is 3.22. The maximum absolute atomic E-state index is 13.7. The molecule has 2 nitrogen and oxygen atoms in total. The lowest BCUT2D eigenvalue weighted by atomic mass is 10.00. The Hall–Kier alpha value is -0.740. The van der Waals surface area contributed by atoms with Crippen LogP contribution in [-0.2, 0) is 4.74 Å². The van der Waals surface area contributed by atoms with Crippen molar-refractivity contribution in [3.05, 3.63) is 34.1 Å². The molecule has 1 heterocycles. The molecule has 0 bridgehead atoms. The van der Waals surface area contributed by atoms with E-state index in [9.17, 15) is 9.18 Å². The van der Waals surface area contributed by atoms with E-state index in [0.717, 1.165) is 25.9 Å². The van der Waals surface area contributed by atoms with Crippen LogP contribution < -0.4 is 0 Å². The maximum Gasteiger partial charge on any atom is 0.165 e. The van der Waals surface area contributed by atoms with Crippen LogP contribution in [0, 0.1) is 5.82 Å². The molecule has 1 aromatic carbocycles. The number of benzene rings is 1. The van der Waals surface area contributed by atoms with E-state index in [1.54, 1.807) is 12.1 Å². The summed E-state index contributed by atoms with van der Waals surface area (Å²) in [6.07, 6.45) is 4.46. The zero-order valence-corrected chi connectivity index (χ0v) is 11.7. The molecule has 0 N–H and O–H groups in total.